The number of phenols is 4. The van der Waals surface area contributed by atoms with Gasteiger partial charge in [-0.05, 0) is 25.1 Å². The monoisotopic (exact) mass is 610 g/mol. The number of aliphatic hydroxyl groups excluding tert-OH is 6. The van der Waals surface area contributed by atoms with E-state index in [1.807, 2.05) is 0 Å². The molecule has 0 saturated carbocycles. The fourth-order valence-electron chi connectivity index (χ4n) is 4.92. The molecule has 0 aliphatic carbocycles. The molecule has 3 heterocycles. The minimum atomic E-state index is -1.91. The van der Waals surface area contributed by atoms with Crippen LogP contribution in [-0.2, 0) is 14.2 Å². The van der Waals surface area contributed by atoms with Crippen LogP contribution in [0.4, 0.5) is 0 Å². The Kier molecular flexibility index (Phi) is 8.41. The largest absolute Gasteiger partial charge is 0.508 e. The van der Waals surface area contributed by atoms with Crippen molar-refractivity contribution in [2.24, 2.45) is 0 Å². The normalized spacial score (nSPS) is 33.0. The van der Waals surface area contributed by atoms with Gasteiger partial charge in [-0.2, -0.15) is 0 Å². The van der Waals surface area contributed by atoms with Crippen molar-refractivity contribution in [1.82, 2.24) is 0 Å². The Bertz CT molecular complexity index is 1540. The number of ether oxygens (including phenoxy) is 4. The first kappa shape index (κ1) is 30.7. The maximum atomic E-state index is 13.7. The molecule has 2 aromatic carbocycles. The Morgan fingerprint density at radius 1 is 0.791 bits per heavy atom. The third kappa shape index (κ3) is 5.55. The van der Waals surface area contributed by atoms with E-state index in [2.05, 4.69) is 0 Å². The van der Waals surface area contributed by atoms with Gasteiger partial charge in [0.05, 0.1) is 12.7 Å². The molecule has 0 bridgehead atoms. The fourth-order valence-corrected chi connectivity index (χ4v) is 4.92. The molecule has 2 aliphatic heterocycles. The molecular formula is C27H30O16. The summed E-state index contributed by atoms with van der Waals surface area (Å²) in [7, 11) is 0. The third-order valence-electron chi connectivity index (χ3n) is 7.31. The van der Waals surface area contributed by atoms with Gasteiger partial charge in [0.25, 0.3) is 0 Å². The van der Waals surface area contributed by atoms with Crippen LogP contribution in [0.25, 0.3) is 22.3 Å². The van der Waals surface area contributed by atoms with E-state index in [1.165, 1.54) is 13.0 Å². The van der Waals surface area contributed by atoms with Crippen molar-refractivity contribution in [1.29, 1.82) is 0 Å². The van der Waals surface area contributed by atoms with Gasteiger partial charge in [0.15, 0.2) is 29.7 Å². The number of phenolic OH excluding ortho intramolecular Hbond substituents is 4. The van der Waals surface area contributed by atoms with Crippen molar-refractivity contribution in [3.05, 3.63) is 40.6 Å². The Morgan fingerprint density at radius 3 is 2.19 bits per heavy atom. The molecular weight excluding hydrogens is 580 g/mol. The van der Waals surface area contributed by atoms with E-state index in [4.69, 9.17) is 23.4 Å². The van der Waals surface area contributed by atoms with Crippen molar-refractivity contribution in [3.8, 4) is 40.1 Å². The minimum absolute atomic E-state index is 0.0250. The average Bonchev–Trinajstić information content (AvgIpc) is 2.96. The standard InChI is InChI=1S/C27H30O16/c1-8-17(33)21(37)25(43-26-22(38)20(36)18(34)15(7-28)41-26)27(39-8)42-24-19(35)16-13(32)5-10(29)6-14(16)40-23(24)9-2-3-11(30)12(31)4-9/h2-6,8,15,17-18,20-22,25-34,36-38H,7H2,1H3/t8?,15?,17-,18+,20?,21?,22+,25-,26-,27-/m0/s1. The van der Waals surface area contributed by atoms with Crippen LogP contribution in [0.5, 0.6) is 28.7 Å². The fraction of sp³-hybridized carbons (Fsp3) is 0.444. The summed E-state index contributed by atoms with van der Waals surface area (Å²) in [6.45, 7) is 0.582. The van der Waals surface area contributed by atoms with Crippen LogP contribution in [0.15, 0.2) is 39.5 Å². The zero-order valence-electron chi connectivity index (χ0n) is 22.3. The van der Waals surface area contributed by atoms with Crippen LogP contribution in [0.2, 0.25) is 0 Å². The molecule has 2 saturated heterocycles. The summed E-state index contributed by atoms with van der Waals surface area (Å²) in [5.74, 6) is -3.29. The number of aliphatic hydroxyl groups is 6. The zero-order chi connectivity index (χ0) is 31.3. The van der Waals surface area contributed by atoms with Gasteiger partial charge in [-0.15, -0.1) is 0 Å². The van der Waals surface area contributed by atoms with E-state index in [0.29, 0.717) is 0 Å². The molecule has 16 nitrogen and oxygen atoms in total. The van der Waals surface area contributed by atoms with E-state index in [1.54, 1.807) is 0 Å². The van der Waals surface area contributed by atoms with Crippen molar-refractivity contribution < 1.29 is 74.4 Å². The molecule has 0 amide bonds. The Labute approximate surface area is 241 Å². The van der Waals surface area contributed by atoms with Crippen molar-refractivity contribution >= 4 is 11.0 Å². The molecule has 43 heavy (non-hydrogen) atoms. The van der Waals surface area contributed by atoms with E-state index < -0.39 is 108 Å². The lowest BCUT2D eigenvalue weighted by Gasteiger charge is -2.45. The zero-order valence-corrected chi connectivity index (χ0v) is 22.3. The van der Waals surface area contributed by atoms with Gasteiger partial charge in [0, 0.05) is 17.7 Å². The molecule has 0 spiro atoms. The van der Waals surface area contributed by atoms with E-state index in [0.717, 1.165) is 24.3 Å². The van der Waals surface area contributed by atoms with Crippen LogP contribution < -0.4 is 10.2 Å². The highest BCUT2D eigenvalue weighted by Crippen LogP contribution is 2.40. The Balaban J connectivity index is 1.60. The second-order valence-electron chi connectivity index (χ2n) is 10.2. The van der Waals surface area contributed by atoms with Gasteiger partial charge >= 0.3 is 0 Å². The number of fused-ring (bicyclic) bond motifs is 1. The highest BCUT2D eigenvalue weighted by atomic mass is 16.8. The maximum absolute atomic E-state index is 13.7. The van der Waals surface area contributed by atoms with Gasteiger partial charge in [0.1, 0.15) is 59.1 Å². The molecule has 5 rings (SSSR count). The van der Waals surface area contributed by atoms with Gasteiger partial charge in [-0.3, -0.25) is 4.79 Å². The summed E-state index contributed by atoms with van der Waals surface area (Å²) in [5, 5.41) is 101. The second-order valence-corrected chi connectivity index (χ2v) is 10.2. The Morgan fingerprint density at radius 2 is 1.51 bits per heavy atom. The summed E-state index contributed by atoms with van der Waals surface area (Å²) < 4.78 is 28.3. The quantitative estimate of drug-likeness (QED) is 0.140. The molecule has 1 aromatic heterocycles. The lowest BCUT2D eigenvalue weighted by molar-refractivity contribution is -0.355. The molecule has 234 valence electrons. The molecule has 10 atom stereocenters. The SMILES string of the molecule is CC1O[C@@H](Oc2c(-c3ccc(O)c(O)c3)oc3cc(O)cc(O)c3c2=O)[C@@H](O[C@@H]2OC(CO)[C@@H](O)C(O)[C@H]2O)C(O)[C@H]1O. The predicted octanol–water partition coefficient (Wildman–Crippen LogP) is -1.69. The number of benzene rings is 2. The van der Waals surface area contributed by atoms with Crippen LogP contribution in [0.3, 0.4) is 0 Å². The number of hydrogen-bond acceptors (Lipinski definition) is 16. The van der Waals surface area contributed by atoms with Gasteiger partial charge in [-0.25, -0.2) is 0 Å². The average molecular weight is 611 g/mol. The summed E-state index contributed by atoms with van der Waals surface area (Å²) in [5.41, 5.74) is -1.33. The maximum Gasteiger partial charge on any atom is 0.239 e. The van der Waals surface area contributed by atoms with Gasteiger partial charge < -0.3 is 74.4 Å². The first-order chi connectivity index (χ1) is 20.3. The van der Waals surface area contributed by atoms with Crippen molar-refractivity contribution in [2.45, 2.75) is 68.3 Å². The Hall–Kier alpha value is -3.71. The third-order valence-corrected chi connectivity index (χ3v) is 7.31. The molecule has 10 N–H and O–H groups in total. The minimum Gasteiger partial charge on any atom is -0.508 e. The van der Waals surface area contributed by atoms with Crippen LogP contribution in [0, 0.1) is 0 Å². The van der Waals surface area contributed by atoms with E-state index in [9.17, 15) is 55.9 Å². The van der Waals surface area contributed by atoms with Gasteiger partial charge in [-0.1, -0.05) is 0 Å². The smallest absolute Gasteiger partial charge is 0.239 e. The summed E-state index contributed by atoms with van der Waals surface area (Å²) >= 11 is 0. The number of aromatic hydroxyl groups is 4. The summed E-state index contributed by atoms with van der Waals surface area (Å²) in [6, 6.07) is 5.27. The van der Waals surface area contributed by atoms with Crippen molar-refractivity contribution in [3.63, 3.8) is 0 Å². The highest BCUT2D eigenvalue weighted by molar-refractivity contribution is 5.88. The lowest BCUT2D eigenvalue weighted by atomic mass is 9.97. The van der Waals surface area contributed by atoms with Crippen LogP contribution >= 0.6 is 0 Å². The number of hydrogen-bond donors (Lipinski definition) is 10. The lowest BCUT2D eigenvalue weighted by Crippen LogP contribution is -2.64. The van der Waals surface area contributed by atoms with Crippen LogP contribution in [0.1, 0.15) is 6.92 Å². The molecule has 2 aliphatic rings. The van der Waals surface area contributed by atoms with E-state index in [-0.39, 0.29) is 16.9 Å². The highest BCUT2D eigenvalue weighted by Gasteiger charge is 2.51. The molecule has 4 unspecified atom stereocenters. The van der Waals surface area contributed by atoms with E-state index >= 15 is 0 Å². The first-order valence-electron chi connectivity index (χ1n) is 13.0. The predicted molar refractivity (Wildman–Crippen MR) is 140 cm³/mol. The van der Waals surface area contributed by atoms with Crippen LogP contribution in [-0.4, -0.2) is 119 Å². The topological polar surface area (TPSA) is 269 Å². The first-order valence-corrected chi connectivity index (χ1v) is 13.0. The van der Waals surface area contributed by atoms with Gasteiger partial charge in [0.2, 0.25) is 17.5 Å². The summed E-state index contributed by atoms with van der Waals surface area (Å²) in [6.07, 6.45) is -16.8. The van der Waals surface area contributed by atoms with Crippen molar-refractivity contribution in [2.75, 3.05) is 6.61 Å². The second kappa shape index (κ2) is 11.8. The summed E-state index contributed by atoms with van der Waals surface area (Å²) in [4.78, 5) is 13.7. The molecule has 0 radical (unpaired) electrons. The molecule has 2 fully saturated rings. The molecule has 3 aromatic rings. The number of rotatable bonds is 6. The molecule has 16 heteroatoms.